The van der Waals surface area contributed by atoms with Gasteiger partial charge < -0.3 is 18.9 Å². The van der Waals surface area contributed by atoms with E-state index in [2.05, 4.69) is 15.9 Å². The summed E-state index contributed by atoms with van der Waals surface area (Å²) < 4.78 is 26.9. The number of fused-ring (bicyclic) bond motifs is 2. The molecule has 46 heavy (non-hydrogen) atoms. The fraction of sp³-hybridized carbons (Fsp3) is 0.471. The van der Waals surface area contributed by atoms with E-state index in [9.17, 15) is 19.2 Å². The van der Waals surface area contributed by atoms with E-state index >= 15 is 0 Å². The van der Waals surface area contributed by atoms with Crippen LogP contribution in [0, 0.1) is 0 Å². The van der Waals surface area contributed by atoms with Gasteiger partial charge in [-0.05, 0) is 84.7 Å². The highest BCUT2D eigenvalue weighted by molar-refractivity contribution is 9.10. The quantitative estimate of drug-likeness (QED) is 0.127. The Balaban J connectivity index is 1.89. The fourth-order valence-electron chi connectivity index (χ4n) is 5.35. The van der Waals surface area contributed by atoms with E-state index in [-0.39, 0.29) is 37.1 Å². The van der Waals surface area contributed by atoms with Gasteiger partial charge in [-0.15, -0.1) is 0 Å². The van der Waals surface area contributed by atoms with E-state index in [1.807, 2.05) is 37.3 Å². The molecule has 0 saturated heterocycles. The highest BCUT2D eigenvalue weighted by Crippen LogP contribution is 2.34. The molecule has 0 aliphatic carbocycles. The number of imidazole rings is 1. The van der Waals surface area contributed by atoms with Gasteiger partial charge in [0.15, 0.2) is 0 Å². The van der Waals surface area contributed by atoms with Crippen molar-refractivity contribution >= 4 is 56.1 Å². The van der Waals surface area contributed by atoms with Crippen molar-refractivity contribution in [1.82, 2.24) is 13.7 Å². The maximum absolute atomic E-state index is 14.2. The van der Waals surface area contributed by atoms with Gasteiger partial charge in [0.05, 0.1) is 36.1 Å². The van der Waals surface area contributed by atoms with Crippen molar-refractivity contribution < 1.29 is 33.3 Å². The van der Waals surface area contributed by atoms with Crippen molar-refractivity contribution in [2.75, 3.05) is 6.61 Å². The standard InChI is InChI=1S/C34H42BrN3O8/c1-9-13-23(18-29(39)43-10-2)37-26-15-12-11-14-25(26)36(30(37)40)20-21-16-22(35)17-27-24(21)19-28(44-32(42)46-34(6,7)8)38(27)31(41)45-33(3,4)5/h11-12,14-17,19,23H,9-10,13,18,20H2,1-8H3. The molecule has 0 radical (unpaired) electrons. The van der Waals surface area contributed by atoms with Crippen LogP contribution in [0.25, 0.3) is 21.9 Å². The third-order valence-electron chi connectivity index (χ3n) is 6.98. The van der Waals surface area contributed by atoms with Crippen LogP contribution in [0.4, 0.5) is 9.59 Å². The van der Waals surface area contributed by atoms with Gasteiger partial charge in [0, 0.05) is 22.0 Å². The Morgan fingerprint density at radius 3 is 2.15 bits per heavy atom. The monoisotopic (exact) mass is 699 g/mol. The molecule has 0 aliphatic heterocycles. The molecule has 0 amide bonds. The minimum atomic E-state index is -0.983. The predicted molar refractivity (Wildman–Crippen MR) is 179 cm³/mol. The molecule has 4 rings (SSSR count). The minimum absolute atomic E-state index is 0.0703. The second kappa shape index (κ2) is 13.7. The third kappa shape index (κ3) is 8.01. The van der Waals surface area contributed by atoms with Crippen molar-refractivity contribution in [3.05, 3.63) is 63.0 Å². The van der Waals surface area contributed by atoms with Crippen LogP contribution in [-0.2, 0) is 25.5 Å². The summed E-state index contributed by atoms with van der Waals surface area (Å²) in [6.07, 6.45) is -0.288. The Bertz CT molecular complexity index is 1820. The SMILES string of the molecule is CCCC(CC(=O)OCC)n1c(=O)n(Cc2cc(Br)cc3c2cc(OC(=O)OC(C)(C)C)n3C(=O)OC(C)(C)C)c2ccccc21. The zero-order valence-electron chi connectivity index (χ0n) is 27.6. The highest BCUT2D eigenvalue weighted by Gasteiger charge is 2.28. The van der Waals surface area contributed by atoms with Crippen LogP contribution < -0.4 is 10.4 Å². The first-order chi connectivity index (χ1) is 21.5. The fourth-order valence-corrected chi connectivity index (χ4v) is 5.84. The molecule has 0 fully saturated rings. The van der Waals surface area contributed by atoms with E-state index in [1.54, 1.807) is 69.7 Å². The number of hydrogen-bond donors (Lipinski definition) is 0. The first-order valence-electron chi connectivity index (χ1n) is 15.4. The zero-order valence-corrected chi connectivity index (χ0v) is 29.2. The molecule has 2 heterocycles. The van der Waals surface area contributed by atoms with Gasteiger partial charge >= 0.3 is 23.9 Å². The number of nitrogens with zero attached hydrogens (tertiary/aromatic N) is 3. The summed E-state index contributed by atoms with van der Waals surface area (Å²) in [5.41, 5.74) is 0.507. The number of rotatable bonds is 9. The van der Waals surface area contributed by atoms with E-state index in [0.717, 1.165) is 6.42 Å². The lowest BCUT2D eigenvalue weighted by Crippen LogP contribution is -2.29. The molecule has 2 aromatic carbocycles. The molecular formula is C34H42BrN3O8. The molecule has 2 aromatic heterocycles. The number of benzene rings is 2. The molecule has 0 saturated carbocycles. The van der Waals surface area contributed by atoms with Crippen LogP contribution >= 0.6 is 15.9 Å². The lowest BCUT2D eigenvalue weighted by atomic mass is 10.1. The topological polar surface area (TPSA) is 120 Å². The summed E-state index contributed by atoms with van der Waals surface area (Å²) in [6, 6.07) is 12.2. The van der Waals surface area contributed by atoms with Crippen LogP contribution in [-0.4, -0.2) is 49.7 Å². The maximum atomic E-state index is 14.2. The normalized spacial score (nSPS) is 12.7. The molecule has 4 aromatic rings. The zero-order chi connectivity index (χ0) is 34.0. The molecule has 0 spiro atoms. The van der Waals surface area contributed by atoms with Gasteiger partial charge in [-0.1, -0.05) is 41.4 Å². The lowest BCUT2D eigenvalue weighted by molar-refractivity contribution is -0.144. The number of carbonyl (C=O) groups excluding carboxylic acids is 3. The molecule has 12 heteroatoms. The highest BCUT2D eigenvalue weighted by atomic mass is 79.9. The van der Waals surface area contributed by atoms with E-state index < -0.39 is 29.5 Å². The summed E-state index contributed by atoms with van der Waals surface area (Å²) in [5, 5.41) is 0.563. The molecule has 0 aliphatic rings. The molecule has 11 nitrogen and oxygen atoms in total. The van der Waals surface area contributed by atoms with Crippen molar-refractivity contribution in [3.63, 3.8) is 0 Å². The number of para-hydroxylation sites is 2. The summed E-state index contributed by atoms with van der Waals surface area (Å²) in [5.74, 6) is -0.454. The van der Waals surface area contributed by atoms with E-state index in [4.69, 9.17) is 18.9 Å². The van der Waals surface area contributed by atoms with Crippen LogP contribution in [0.1, 0.15) is 86.3 Å². The summed E-state index contributed by atoms with van der Waals surface area (Å²) in [7, 11) is 0. The molecule has 248 valence electrons. The van der Waals surface area contributed by atoms with Crippen molar-refractivity contribution in [1.29, 1.82) is 0 Å². The van der Waals surface area contributed by atoms with Crippen LogP contribution in [0.3, 0.4) is 0 Å². The van der Waals surface area contributed by atoms with Crippen LogP contribution in [0.5, 0.6) is 5.88 Å². The number of halogens is 1. The first kappa shape index (κ1) is 34.8. The average molecular weight is 701 g/mol. The second-order valence-electron chi connectivity index (χ2n) is 13.0. The van der Waals surface area contributed by atoms with Gasteiger partial charge in [0.2, 0.25) is 5.88 Å². The van der Waals surface area contributed by atoms with E-state index in [0.29, 0.717) is 38.4 Å². The van der Waals surface area contributed by atoms with Gasteiger partial charge in [-0.25, -0.2) is 19.0 Å². The summed E-state index contributed by atoms with van der Waals surface area (Å²) in [4.78, 5) is 52.9. The van der Waals surface area contributed by atoms with Crippen LogP contribution in [0.2, 0.25) is 0 Å². The summed E-state index contributed by atoms with van der Waals surface area (Å²) in [6.45, 7) is 14.5. The van der Waals surface area contributed by atoms with Gasteiger partial charge in [-0.2, -0.15) is 0 Å². The van der Waals surface area contributed by atoms with Crippen molar-refractivity contribution in [2.45, 2.75) is 98.4 Å². The smallest absolute Gasteiger partial charge is 0.466 e. The Hall–Kier alpha value is -4.06. The Labute approximate surface area is 276 Å². The maximum Gasteiger partial charge on any atom is 0.515 e. The number of hydrogen-bond acceptors (Lipinski definition) is 8. The molecule has 1 atom stereocenters. The average Bonchev–Trinajstić information content (AvgIpc) is 3.41. The largest absolute Gasteiger partial charge is 0.515 e. The number of ether oxygens (including phenoxy) is 4. The van der Waals surface area contributed by atoms with Gasteiger partial charge in [-0.3, -0.25) is 13.9 Å². The van der Waals surface area contributed by atoms with Gasteiger partial charge in [0.1, 0.15) is 11.2 Å². The van der Waals surface area contributed by atoms with Gasteiger partial charge in [0.25, 0.3) is 0 Å². The molecule has 0 N–H and O–H groups in total. The third-order valence-corrected chi connectivity index (χ3v) is 7.44. The Morgan fingerprint density at radius 2 is 1.54 bits per heavy atom. The molecular weight excluding hydrogens is 658 g/mol. The van der Waals surface area contributed by atoms with Crippen LogP contribution in [0.15, 0.2) is 51.7 Å². The number of aromatic nitrogens is 3. The van der Waals surface area contributed by atoms with Crippen molar-refractivity contribution in [2.24, 2.45) is 0 Å². The first-order valence-corrected chi connectivity index (χ1v) is 16.2. The lowest BCUT2D eigenvalue weighted by Gasteiger charge is -2.21. The molecule has 0 bridgehead atoms. The van der Waals surface area contributed by atoms with E-state index in [1.165, 1.54) is 4.57 Å². The summed E-state index contributed by atoms with van der Waals surface area (Å²) >= 11 is 3.56. The Morgan fingerprint density at radius 1 is 0.891 bits per heavy atom. The number of carbonyl (C=O) groups is 3. The predicted octanol–water partition coefficient (Wildman–Crippen LogP) is 7.96. The number of esters is 1. The molecule has 1 unspecified atom stereocenters. The Kier molecular flexibility index (Phi) is 10.4. The van der Waals surface area contributed by atoms with Crippen molar-refractivity contribution in [3.8, 4) is 5.88 Å². The minimum Gasteiger partial charge on any atom is -0.466 e. The second-order valence-corrected chi connectivity index (χ2v) is 14.0.